The predicted octanol–water partition coefficient (Wildman–Crippen LogP) is -0.156. The fraction of sp³-hybridized carbons (Fsp3) is 0.600. The molecule has 0 saturated carbocycles. The van der Waals surface area contributed by atoms with Crippen LogP contribution in [0.4, 0.5) is 0 Å². The van der Waals surface area contributed by atoms with Gasteiger partial charge in [-0.1, -0.05) is 0 Å². The van der Waals surface area contributed by atoms with Gasteiger partial charge in [0, 0.05) is 25.3 Å². The van der Waals surface area contributed by atoms with Gasteiger partial charge in [0.05, 0.1) is 11.8 Å². The molecule has 0 aliphatic carbocycles. The van der Waals surface area contributed by atoms with E-state index in [9.17, 15) is 4.79 Å². The fourth-order valence-electron chi connectivity index (χ4n) is 2.57. The van der Waals surface area contributed by atoms with E-state index in [2.05, 4.69) is 15.5 Å². The second-order valence-electron chi connectivity index (χ2n) is 4.31. The first-order valence-corrected chi connectivity index (χ1v) is 5.36. The van der Waals surface area contributed by atoms with Crippen LogP contribution in [0.25, 0.3) is 0 Å². The minimum Gasteiger partial charge on any atom is -0.337 e. The second-order valence-corrected chi connectivity index (χ2v) is 4.31. The van der Waals surface area contributed by atoms with E-state index in [-0.39, 0.29) is 5.91 Å². The molecule has 5 nitrogen and oxygen atoms in total. The molecule has 5 heteroatoms. The molecule has 2 fully saturated rings. The van der Waals surface area contributed by atoms with Crippen molar-refractivity contribution in [2.45, 2.75) is 12.5 Å². The molecule has 0 bridgehead atoms. The third-order valence-corrected chi connectivity index (χ3v) is 3.40. The summed E-state index contributed by atoms with van der Waals surface area (Å²) in [5.74, 6) is 0.751. The maximum absolute atomic E-state index is 12.0. The van der Waals surface area contributed by atoms with Gasteiger partial charge >= 0.3 is 0 Å². The number of hydrogen-bond donors (Lipinski definition) is 2. The Bertz CT molecular complexity index is 350. The SMILES string of the molecule is O=C(c1cn[nH]c1)N1C[C@@H]2CCN[C@@H]2C1. The summed E-state index contributed by atoms with van der Waals surface area (Å²) in [4.78, 5) is 13.9. The monoisotopic (exact) mass is 206 g/mol. The van der Waals surface area contributed by atoms with Gasteiger partial charge in [0.15, 0.2) is 0 Å². The first-order valence-electron chi connectivity index (χ1n) is 5.36. The van der Waals surface area contributed by atoms with Crippen LogP contribution in [0, 0.1) is 5.92 Å². The molecular formula is C10H14N4O. The van der Waals surface area contributed by atoms with Crippen molar-refractivity contribution in [3.8, 4) is 0 Å². The predicted molar refractivity (Wildman–Crippen MR) is 54.4 cm³/mol. The molecule has 2 saturated heterocycles. The Hall–Kier alpha value is -1.36. The minimum atomic E-state index is 0.0972. The lowest BCUT2D eigenvalue weighted by Crippen LogP contribution is -2.33. The Morgan fingerprint density at radius 2 is 2.47 bits per heavy atom. The third-order valence-electron chi connectivity index (χ3n) is 3.40. The van der Waals surface area contributed by atoms with Gasteiger partial charge in [0.25, 0.3) is 5.91 Å². The number of aromatic nitrogens is 2. The summed E-state index contributed by atoms with van der Waals surface area (Å²) < 4.78 is 0. The molecule has 80 valence electrons. The molecular weight excluding hydrogens is 192 g/mol. The molecule has 15 heavy (non-hydrogen) atoms. The van der Waals surface area contributed by atoms with Crippen molar-refractivity contribution >= 4 is 5.91 Å². The number of likely N-dealkylation sites (tertiary alicyclic amines) is 1. The topological polar surface area (TPSA) is 61.0 Å². The number of amides is 1. The Balaban J connectivity index is 1.72. The Morgan fingerprint density at radius 1 is 1.53 bits per heavy atom. The Kier molecular flexibility index (Phi) is 1.98. The van der Waals surface area contributed by atoms with E-state index >= 15 is 0 Å². The van der Waals surface area contributed by atoms with Gasteiger partial charge in [0.2, 0.25) is 0 Å². The highest BCUT2D eigenvalue weighted by atomic mass is 16.2. The zero-order chi connectivity index (χ0) is 10.3. The normalized spacial score (nSPS) is 29.5. The molecule has 0 radical (unpaired) electrons. The standard InChI is InChI=1S/C10H14N4O/c15-10(8-3-12-13-4-8)14-5-7-1-2-11-9(7)6-14/h3-4,7,9,11H,1-2,5-6H2,(H,12,13)/t7-,9+/m0/s1. The van der Waals surface area contributed by atoms with Crippen molar-refractivity contribution in [2.24, 2.45) is 5.92 Å². The molecule has 2 atom stereocenters. The first-order chi connectivity index (χ1) is 7.34. The van der Waals surface area contributed by atoms with Gasteiger partial charge in [-0.3, -0.25) is 9.89 Å². The average molecular weight is 206 g/mol. The zero-order valence-corrected chi connectivity index (χ0v) is 8.44. The summed E-state index contributed by atoms with van der Waals surface area (Å²) >= 11 is 0. The van der Waals surface area contributed by atoms with Crippen molar-refractivity contribution in [1.29, 1.82) is 0 Å². The number of H-pyrrole nitrogens is 1. The number of fused-ring (bicyclic) bond motifs is 1. The Labute approximate surface area is 87.8 Å². The smallest absolute Gasteiger partial charge is 0.257 e. The van der Waals surface area contributed by atoms with Gasteiger partial charge in [-0.2, -0.15) is 5.10 Å². The number of nitrogens with zero attached hydrogens (tertiary/aromatic N) is 2. The van der Waals surface area contributed by atoms with E-state index in [1.165, 1.54) is 6.42 Å². The third kappa shape index (κ3) is 1.43. The van der Waals surface area contributed by atoms with Crippen molar-refractivity contribution in [1.82, 2.24) is 20.4 Å². The van der Waals surface area contributed by atoms with Crippen LogP contribution in [0.15, 0.2) is 12.4 Å². The van der Waals surface area contributed by atoms with Gasteiger partial charge < -0.3 is 10.2 Å². The number of aromatic amines is 1. The molecule has 1 amide bonds. The van der Waals surface area contributed by atoms with E-state index in [1.54, 1.807) is 12.4 Å². The first kappa shape index (κ1) is 8.91. The molecule has 2 N–H and O–H groups in total. The largest absolute Gasteiger partial charge is 0.337 e. The molecule has 0 unspecified atom stereocenters. The van der Waals surface area contributed by atoms with Gasteiger partial charge in [0.1, 0.15) is 0 Å². The lowest BCUT2D eigenvalue weighted by atomic mass is 10.1. The number of rotatable bonds is 1. The van der Waals surface area contributed by atoms with Crippen LogP contribution in [0.5, 0.6) is 0 Å². The average Bonchev–Trinajstić information content (AvgIpc) is 2.92. The summed E-state index contributed by atoms with van der Waals surface area (Å²) in [5, 5.41) is 9.90. The molecule has 0 spiro atoms. The van der Waals surface area contributed by atoms with Crippen LogP contribution < -0.4 is 5.32 Å². The van der Waals surface area contributed by atoms with Crippen molar-refractivity contribution in [3.05, 3.63) is 18.0 Å². The lowest BCUT2D eigenvalue weighted by Gasteiger charge is -2.15. The molecule has 1 aromatic heterocycles. The quantitative estimate of drug-likeness (QED) is 0.671. The highest BCUT2D eigenvalue weighted by Gasteiger charge is 2.38. The van der Waals surface area contributed by atoms with Crippen molar-refractivity contribution in [3.63, 3.8) is 0 Å². The van der Waals surface area contributed by atoms with Gasteiger partial charge in [-0.15, -0.1) is 0 Å². The fourth-order valence-corrected chi connectivity index (χ4v) is 2.57. The van der Waals surface area contributed by atoms with Gasteiger partial charge in [-0.25, -0.2) is 0 Å². The summed E-state index contributed by atoms with van der Waals surface area (Å²) in [6.45, 7) is 2.83. The van der Waals surface area contributed by atoms with E-state index in [0.717, 1.165) is 19.6 Å². The van der Waals surface area contributed by atoms with E-state index in [4.69, 9.17) is 0 Å². The summed E-state index contributed by atoms with van der Waals surface area (Å²) in [6, 6.07) is 0.515. The number of hydrogen-bond acceptors (Lipinski definition) is 3. The second kappa shape index (κ2) is 3.34. The number of carbonyl (C=O) groups is 1. The molecule has 0 aromatic carbocycles. The zero-order valence-electron chi connectivity index (χ0n) is 8.44. The highest BCUT2D eigenvalue weighted by Crippen LogP contribution is 2.25. The van der Waals surface area contributed by atoms with Crippen LogP contribution in [0.3, 0.4) is 0 Å². The summed E-state index contributed by atoms with van der Waals surface area (Å²) in [7, 11) is 0. The molecule has 3 heterocycles. The Morgan fingerprint density at radius 3 is 3.20 bits per heavy atom. The van der Waals surface area contributed by atoms with Crippen LogP contribution >= 0.6 is 0 Å². The van der Waals surface area contributed by atoms with Crippen LogP contribution in [-0.4, -0.2) is 46.7 Å². The van der Waals surface area contributed by atoms with Crippen LogP contribution in [0.1, 0.15) is 16.8 Å². The maximum Gasteiger partial charge on any atom is 0.257 e. The van der Waals surface area contributed by atoms with Crippen LogP contribution in [-0.2, 0) is 0 Å². The van der Waals surface area contributed by atoms with Crippen molar-refractivity contribution < 1.29 is 4.79 Å². The summed E-state index contributed by atoms with van der Waals surface area (Å²) in [6.07, 6.45) is 4.44. The number of nitrogens with one attached hydrogen (secondary N) is 2. The highest BCUT2D eigenvalue weighted by molar-refractivity contribution is 5.93. The van der Waals surface area contributed by atoms with E-state index in [0.29, 0.717) is 17.5 Å². The maximum atomic E-state index is 12.0. The number of carbonyl (C=O) groups excluding carboxylic acids is 1. The molecule has 1 aromatic rings. The van der Waals surface area contributed by atoms with Crippen molar-refractivity contribution in [2.75, 3.05) is 19.6 Å². The molecule has 2 aliphatic heterocycles. The van der Waals surface area contributed by atoms with Crippen LogP contribution in [0.2, 0.25) is 0 Å². The summed E-state index contributed by atoms with van der Waals surface area (Å²) in [5.41, 5.74) is 0.662. The minimum absolute atomic E-state index is 0.0972. The lowest BCUT2D eigenvalue weighted by molar-refractivity contribution is 0.0782. The van der Waals surface area contributed by atoms with E-state index < -0.39 is 0 Å². The molecule has 3 rings (SSSR count). The van der Waals surface area contributed by atoms with Gasteiger partial charge in [-0.05, 0) is 18.9 Å². The van der Waals surface area contributed by atoms with E-state index in [1.807, 2.05) is 4.90 Å². The molecule has 2 aliphatic rings.